The first-order chi connectivity index (χ1) is 9.40. The summed E-state index contributed by atoms with van der Waals surface area (Å²) >= 11 is 0. The van der Waals surface area contributed by atoms with E-state index in [2.05, 4.69) is 4.72 Å². The van der Waals surface area contributed by atoms with Crippen LogP contribution in [0.15, 0.2) is 23.1 Å². The van der Waals surface area contributed by atoms with Crippen LogP contribution in [0.5, 0.6) is 0 Å². The topological polar surface area (TPSA) is 92.4 Å². The first kappa shape index (κ1) is 15.2. The number of anilines is 1. The van der Waals surface area contributed by atoms with Crippen molar-refractivity contribution in [2.75, 3.05) is 5.73 Å². The summed E-state index contributed by atoms with van der Waals surface area (Å²) < 4.78 is 40.0. The number of aliphatic hydroxyl groups is 1. The van der Waals surface area contributed by atoms with Crippen LogP contribution in [0.25, 0.3) is 0 Å². The normalized spacial score (nSPS) is 24.3. The predicted octanol–water partition coefficient (Wildman–Crippen LogP) is 1.38. The van der Waals surface area contributed by atoms with E-state index >= 15 is 0 Å². The van der Waals surface area contributed by atoms with Gasteiger partial charge in [-0.2, -0.15) is 0 Å². The lowest BCUT2D eigenvalue weighted by molar-refractivity contribution is 0.130. The average Bonchev–Trinajstić information content (AvgIpc) is 2.54. The first-order valence-corrected chi connectivity index (χ1v) is 8.14. The monoisotopic (exact) mass is 302 g/mol. The Labute approximate surface area is 118 Å². The number of nitrogens with two attached hydrogens (primary N) is 1. The Morgan fingerprint density at radius 2 is 1.95 bits per heavy atom. The number of nitrogen functional groups attached to an aromatic ring is 1. The number of hydrogen-bond donors (Lipinski definition) is 3. The molecule has 0 radical (unpaired) electrons. The van der Waals surface area contributed by atoms with E-state index in [9.17, 15) is 17.9 Å². The Kier molecular flexibility index (Phi) is 4.62. The molecule has 112 valence electrons. The zero-order chi connectivity index (χ0) is 14.8. The Morgan fingerprint density at radius 3 is 2.65 bits per heavy atom. The van der Waals surface area contributed by atoms with Gasteiger partial charge in [-0.15, -0.1) is 0 Å². The third-order valence-electron chi connectivity index (χ3n) is 3.55. The zero-order valence-corrected chi connectivity index (χ0v) is 11.9. The Hall–Kier alpha value is -1.18. The van der Waals surface area contributed by atoms with Crippen LogP contribution in [0.2, 0.25) is 0 Å². The van der Waals surface area contributed by atoms with Crippen molar-refractivity contribution in [3.63, 3.8) is 0 Å². The number of aliphatic hydroxyl groups excluding tert-OH is 1. The van der Waals surface area contributed by atoms with Gasteiger partial charge >= 0.3 is 0 Å². The largest absolute Gasteiger partial charge is 0.398 e. The van der Waals surface area contributed by atoms with E-state index in [1.165, 1.54) is 0 Å². The van der Waals surface area contributed by atoms with Gasteiger partial charge in [0.15, 0.2) is 0 Å². The average molecular weight is 302 g/mol. The lowest BCUT2D eigenvalue weighted by Gasteiger charge is -2.22. The van der Waals surface area contributed by atoms with Crippen LogP contribution in [0.1, 0.15) is 32.1 Å². The van der Waals surface area contributed by atoms with Gasteiger partial charge in [0.25, 0.3) is 0 Å². The summed E-state index contributed by atoms with van der Waals surface area (Å²) in [6.45, 7) is 0. The molecular weight excluding hydrogens is 283 g/mol. The minimum atomic E-state index is -3.86. The smallest absolute Gasteiger partial charge is 0.242 e. The summed E-state index contributed by atoms with van der Waals surface area (Å²) in [5.74, 6) is -0.587. The van der Waals surface area contributed by atoms with Gasteiger partial charge in [-0.1, -0.05) is 19.3 Å². The van der Waals surface area contributed by atoms with E-state index in [0.717, 1.165) is 37.5 Å². The zero-order valence-electron chi connectivity index (χ0n) is 11.0. The van der Waals surface area contributed by atoms with Crippen LogP contribution >= 0.6 is 0 Å². The van der Waals surface area contributed by atoms with Crippen molar-refractivity contribution in [3.8, 4) is 0 Å². The van der Waals surface area contributed by atoms with Crippen molar-refractivity contribution in [2.45, 2.75) is 49.1 Å². The van der Waals surface area contributed by atoms with Crippen LogP contribution in [0.3, 0.4) is 0 Å². The van der Waals surface area contributed by atoms with E-state index in [1.54, 1.807) is 0 Å². The van der Waals surface area contributed by atoms with Crippen LogP contribution < -0.4 is 10.5 Å². The van der Waals surface area contributed by atoms with Gasteiger partial charge in [0.2, 0.25) is 10.0 Å². The van der Waals surface area contributed by atoms with Crippen molar-refractivity contribution in [1.29, 1.82) is 0 Å². The maximum absolute atomic E-state index is 13.0. The van der Waals surface area contributed by atoms with E-state index in [1.807, 2.05) is 0 Å². The van der Waals surface area contributed by atoms with Gasteiger partial charge in [0.1, 0.15) is 10.7 Å². The van der Waals surface area contributed by atoms with Gasteiger partial charge in [0, 0.05) is 6.04 Å². The Bertz CT molecular complexity index is 577. The number of rotatable bonds is 3. The highest BCUT2D eigenvalue weighted by molar-refractivity contribution is 7.89. The summed E-state index contributed by atoms with van der Waals surface area (Å²) in [6.07, 6.45) is 3.19. The molecular formula is C13H19FN2O3S. The van der Waals surface area contributed by atoms with Crippen LogP contribution in [-0.2, 0) is 10.0 Å². The Balaban J connectivity index is 2.21. The second kappa shape index (κ2) is 6.07. The summed E-state index contributed by atoms with van der Waals surface area (Å²) in [4.78, 5) is -0.157. The van der Waals surface area contributed by atoms with Crippen molar-refractivity contribution in [2.24, 2.45) is 0 Å². The second-order valence-electron chi connectivity index (χ2n) is 5.12. The minimum absolute atomic E-state index is 0.138. The molecule has 1 aromatic rings. The third kappa shape index (κ3) is 3.47. The molecule has 5 nitrogen and oxygen atoms in total. The molecule has 0 aliphatic heterocycles. The SMILES string of the molecule is Nc1cc(F)ccc1S(=O)(=O)NC1CCCCCC1O. The van der Waals surface area contributed by atoms with Gasteiger partial charge in [-0.25, -0.2) is 17.5 Å². The molecule has 0 bridgehead atoms. The highest BCUT2D eigenvalue weighted by atomic mass is 32.2. The van der Waals surface area contributed by atoms with Crippen LogP contribution in [0.4, 0.5) is 10.1 Å². The molecule has 0 spiro atoms. The quantitative estimate of drug-likeness (QED) is 0.581. The maximum atomic E-state index is 13.0. The molecule has 2 rings (SSSR count). The summed E-state index contributed by atoms with van der Waals surface area (Å²) in [5.41, 5.74) is 5.42. The molecule has 2 unspecified atom stereocenters. The fourth-order valence-corrected chi connectivity index (χ4v) is 3.87. The van der Waals surface area contributed by atoms with Crippen molar-refractivity contribution in [1.82, 2.24) is 4.72 Å². The number of hydrogen-bond acceptors (Lipinski definition) is 4. The third-order valence-corrected chi connectivity index (χ3v) is 5.11. The molecule has 0 amide bonds. The van der Waals surface area contributed by atoms with E-state index in [4.69, 9.17) is 5.73 Å². The van der Waals surface area contributed by atoms with Crippen molar-refractivity contribution in [3.05, 3.63) is 24.0 Å². The number of sulfonamides is 1. The Morgan fingerprint density at radius 1 is 1.25 bits per heavy atom. The molecule has 0 saturated heterocycles. The molecule has 2 atom stereocenters. The fraction of sp³-hybridized carbons (Fsp3) is 0.538. The summed E-state index contributed by atoms with van der Waals surface area (Å²) in [5, 5.41) is 9.95. The fourth-order valence-electron chi connectivity index (χ4n) is 2.45. The lowest BCUT2D eigenvalue weighted by atomic mass is 10.1. The first-order valence-electron chi connectivity index (χ1n) is 6.65. The number of benzene rings is 1. The maximum Gasteiger partial charge on any atom is 0.242 e. The molecule has 7 heteroatoms. The van der Waals surface area contributed by atoms with Gasteiger partial charge in [-0.05, 0) is 31.0 Å². The van der Waals surface area contributed by atoms with E-state index in [-0.39, 0.29) is 10.6 Å². The van der Waals surface area contributed by atoms with E-state index in [0.29, 0.717) is 12.8 Å². The lowest BCUT2D eigenvalue weighted by Crippen LogP contribution is -2.42. The molecule has 1 fully saturated rings. The summed E-state index contributed by atoms with van der Waals surface area (Å²) in [7, 11) is -3.86. The molecule has 1 aliphatic carbocycles. The van der Waals surface area contributed by atoms with Gasteiger partial charge in [0.05, 0.1) is 11.8 Å². The molecule has 20 heavy (non-hydrogen) atoms. The highest BCUT2D eigenvalue weighted by Crippen LogP contribution is 2.23. The highest BCUT2D eigenvalue weighted by Gasteiger charge is 2.28. The minimum Gasteiger partial charge on any atom is -0.398 e. The molecule has 1 saturated carbocycles. The summed E-state index contributed by atoms with van der Waals surface area (Å²) in [6, 6.07) is 2.63. The van der Waals surface area contributed by atoms with Gasteiger partial charge in [-0.3, -0.25) is 0 Å². The molecule has 1 aliphatic rings. The number of nitrogens with one attached hydrogen (secondary N) is 1. The van der Waals surface area contributed by atoms with Crippen LogP contribution in [0, 0.1) is 5.82 Å². The number of halogens is 1. The molecule has 4 N–H and O–H groups in total. The molecule has 1 aromatic carbocycles. The van der Waals surface area contributed by atoms with E-state index < -0.39 is 28.0 Å². The van der Waals surface area contributed by atoms with Crippen molar-refractivity contribution < 1.29 is 17.9 Å². The standard InChI is InChI=1S/C13H19FN2O3S/c14-9-6-7-13(10(15)8-9)20(18,19)16-11-4-2-1-3-5-12(11)17/h6-8,11-12,16-17H,1-5,15H2. The van der Waals surface area contributed by atoms with Gasteiger partial charge < -0.3 is 10.8 Å². The molecule has 0 heterocycles. The molecule has 0 aromatic heterocycles. The second-order valence-corrected chi connectivity index (χ2v) is 6.80. The predicted molar refractivity (Wildman–Crippen MR) is 74.0 cm³/mol. The van der Waals surface area contributed by atoms with Crippen LogP contribution in [-0.4, -0.2) is 25.7 Å². The van der Waals surface area contributed by atoms with Crippen molar-refractivity contribution >= 4 is 15.7 Å².